The van der Waals surface area contributed by atoms with Crippen LogP contribution in [0.5, 0.6) is 11.5 Å². The molecule has 4 aromatic heterocycles. The zero-order valence-electron chi connectivity index (χ0n) is 32.8. The molecule has 3 aliphatic rings. The minimum absolute atomic E-state index is 0.0496. The molecular formula is C42H50FN11O2. The largest absolute Gasteiger partial charge is 0.488 e. The third-order valence-corrected chi connectivity index (χ3v) is 11.7. The molecule has 0 unspecified atom stereocenters. The first-order chi connectivity index (χ1) is 27.1. The van der Waals surface area contributed by atoms with Gasteiger partial charge in [-0.05, 0) is 90.4 Å². The fourth-order valence-electron chi connectivity index (χ4n) is 8.10. The molecular weight excluding hydrogens is 710 g/mol. The minimum Gasteiger partial charge on any atom is -0.488 e. The number of halogens is 1. The molecule has 2 saturated heterocycles. The number of pyridine rings is 1. The van der Waals surface area contributed by atoms with Crippen molar-refractivity contribution >= 4 is 33.4 Å². The van der Waals surface area contributed by atoms with Crippen LogP contribution in [0.1, 0.15) is 47.0 Å². The van der Waals surface area contributed by atoms with Crippen molar-refractivity contribution in [2.24, 2.45) is 0 Å². The number of H-pyrrole nitrogens is 2. The molecule has 292 valence electrons. The van der Waals surface area contributed by atoms with Gasteiger partial charge in [0.2, 0.25) is 0 Å². The van der Waals surface area contributed by atoms with Crippen molar-refractivity contribution in [1.29, 1.82) is 0 Å². The van der Waals surface area contributed by atoms with Crippen molar-refractivity contribution in [3.05, 3.63) is 66.9 Å². The summed E-state index contributed by atoms with van der Waals surface area (Å²) < 4.78 is 26.6. The van der Waals surface area contributed by atoms with Gasteiger partial charge in [-0.1, -0.05) is 0 Å². The number of nitrogens with zero attached hydrogens (tertiary/aromatic N) is 9. The number of nitrogens with one attached hydrogen (secondary N) is 2. The average molecular weight is 760 g/mol. The lowest BCUT2D eigenvalue weighted by molar-refractivity contribution is 0.146. The molecule has 3 fully saturated rings. The van der Waals surface area contributed by atoms with Crippen LogP contribution >= 0.6 is 0 Å². The Hall–Kier alpha value is -5.34. The van der Waals surface area contributed by atoms with Gasteiger partial charge in [0.15, 0.2) is 11.6 Å². The van der Waals surface area contributed by atoms with Crippen molar-refractivity contribution in [2.45, 2.75) is 70.7 Å². The highest BCUT2D eigenvalue weighted by Gasteiger charge is 2.40. The Labute approximate surface area is 326 Å². The number of benzene rings is 2. The summed E-state index contributed by atoms with van der Waals surface area (Å²) in [5.74, 6) is 2.54. The Morgan fingerprint density at radius 1 is 0.857 bits per heavy atom. The number of aromatic amines is 2. The van der Waals surface area contributed by atoms with E-state index < -0.39 is 5.82 Å². The third-order valence-electron chi connectivity index (χ3n) is 11.7. The van der Waals surface area contributed by atoms with E-state index in [-0.39, 0.29) is 17.5 Å². The van der Waals surface area contributed by atoms with Crippen molar-refractivity contribution in [2.75, 3.05) is 62.7 Å². The summed E-state index contributed by atoms with van der Waals surface area (Å²) in [6.45, 7) is 14.7. The van der Waals surface area contributed by atoms with Gasteiger partial charge in [0.1, 0.15) is 40.7 Å². The lowest BCUT2D eigenvalue weighted by Gasteiger charge is -2.43. The number of anilines is 2. The highest BCUT2D eigenvalue weighted by molar-refractivity contribution is 5.94. The summed E-state index contributed by atoms with van der Waals surface area (Å²) in [4.78, 5) is 24.0. The molecule has 2 N–H and O–H groups in total. The van der Waals surface area contributed by atoms with Crippen LogP contribution in [0.15, 0.2) is 61.1 Å². The van der Waals surface area contributed by atoms with Gasteiger partial charge < -0.3 is 19.3 Å². The quantitative estimate of drug-likeness (QED) is 0.150. The maximum Gasteiger partial charge on any atom is 0.167 e. The molecule has 9 rings (SSSR count). The maximum atomic E-state index is 14.7. The molecule has 1 aliphatic carbocycles. The molecule has 0 bridgehead atoms. The fourth-order valence-corrected chi connectivity index (χ4v) is 8.10. The van der Waals surface area contributed by atoms with E-state index in [2.05, 4.69) is 84.1 Å². The number of hydrogen-bond donors (Lipinski definition) is 2. The topological polar surface area (TPSA) is 127 Å². The van der Waals surface area contributed by atoms with Gasteiger partial charge in [-0.3, -0.25) is 20.0 Å². The van der Waals surface area contributed by atoms with Gasteiger partial charge in [0, 0.05) is 92.6 Å². The summed E-state index contributed by atoms with van der Waals surface area (Å²) >= 11 is 0. The van der Waals surface area contributed by atoms with Gasteiger partial charge in [-0.25, -0.2) is 19.3 Å². The molecule has 6 heterocycles. The van der Waals surface area contributed by atoms with Gasteiger partial charge >= 0.3 is 0 Å². The zero-order chi connectivity index (χ0) is 38.6. The Kier molecular flexibility index (Phi) is 9.48. The molecule has 1 saturated carbocycles. The molecule has 0 amide bonds. The number of piperazine rings is 2. The van der Waals surface area contributed by atoms with E-state index in [4.69, 9.17) is 19.4 Å². The van der Waals surface area contributed by atoms with Crippen LogP contribution in [0, 0.1) is 5.82 Å². The normalized spacial score (nSPS) is 20.3. The summed E-state index contributed by atoms with van der Waals surface area (Å²) in [7, 11) is 2.24. The first-order valence-corrected chi connectivity index (χ1v) is 19.8. The smallest absolute Gasteiger partial charge is 0.167 e. The fraction of sp³-hybridized carbons (Fsp3) is 0.452. The monoisotopic (exact) mass is 759 g/mol. The van der Waals surface area contributed by atoms with E-state index in [9.17, 15) is 4.39 Å². The molecule has 56 heavy (non-hydrogen) atoms. The van der Waals surface area contributed by atoms with Crippen LogP contribution in [0.2, 0.25) is 0 Å². The summed E-state index contributed by atoms with van der Waals surface area (Å²) in [6.07, 6.45) is 6.59. The number of fused-ring (bicyclic) bond motifs is 2. The van der Waals surface area contributed by atoms with Crippen LogP contribution in [0.4, 0.5) is 16.0 Å². The number of rotatable bonds is 11. The third kappa shape index (κ3) is 7.35. The molecule has 0 radical (unpaired) electrons. The van der Waals surface area contributed by atoms with Crippen LogP contribution in [-0.4, -0.2) is 122 Å². The SMILES string of the molecule is CC(C)Oc1cc2c(-c3ccnc(N4CCN(CC[C@H]5CN(c6cc(-c7n[nH]c8ccc(OC9(C)CC9)cc78)ncn6)CCN5C)[C@@H](C)C4)c3)n[nH]c2cc1F. The van der Waals surface area contributed by atoms with Crippen LogP contribution < -0.4 is 19.3 Å². The summed E-state index contributed by atoms with van der Waals surface area (Å²) in [6, 6.07) is 16.2. The number of likely N-dealkylation sites (N-methyl/N-ethyl adjacent to an activating group) is 1. The van der Waals surface area contributed by atoms with E-state index in [0.29, 0.717) is 17.6 Å². The first-order valence-electron chi connectivity index (χ1n) is 19.8. The zero-order valence-corrected chi connectivity index (χ0v) is 32.8. The molecule has 14 heteroatoms. The molecule has 2 aromatic carbocycles. The molecule has 6 aromatic rings. The van der Waals surface area contributed by atoms with Crippen LogP contribution in [0.3, 0.4) is 0 Å². The van der Waals surface area contributed by atoms with Gasteiger partial charge in [0.05, 0.1) is 22.8 Å². The highest BCUT2D eigenvalue weighted by Crippen LogP contribution is 2.41. The lowest BCUT2D eigenvalue weighted by atomic mass is 10.1. The number of hydrogen-bond acceptors (Lipinski definition) is 11. The highest BCUT2D eigenvalue weighted by atomic mass is 19.1. The summed E-state index contributed by atoms with van der Waals surface area (Å²) in [5.41, 5.74) is 4.84. The number of ether oxygens (including phenoxy) is 2. The number of aromatic nitrogens is 7. The van der Waals surface area contributed by atoms with Crippen molar-refractivity contribution in [3.63, 3.8) is 0 Å². The maximum absolute atomic E-state index is 14.7. The standard InChI is InChI=1S/C42H50FN11O2/c1-26(2)55-37-20-32-35(21-33(37)43)48-49-40(32)28-8-12-44-38(18-28)53-17-16-52(27(3)23-53)13-9-29-24-54(15-14-51(29)5)39-22-36(45-25-46-39)41-31-19-30(56-42(4)10-11-42)6-7-34(31)47-50-41/h6-8,12,18-22,25-27,29H,9-11,13-17,23-24H2,1-5H3,(H,47,50)(H,48,49)/t27-,29-/m0/s1. The Balaban J connectivity index is 0.835. The van der Waals surface area contributed by atoms with E-state index in [0.717, 1.165) is 121 Å². The molecule has 2 atom stereocenters. The Morgan fingerprint density at radius 2 is 1.62 bits per heavy atom. The average Bonchev–Trinajstić information content (AvgIpc) is 3.56. The van der Waals surface area contributed by atoms with Crippen LogP contribution in [-0.2, 0) is 0 Å². The van der Waals surface area contributed by atoms with E-state index in [1.54, 1.807) is 12.4 Å². The minimum atomic E-state index is -0.404. The summed E-state index contributed by atoms with van der Waals surface area (Å²) in [5, 5.41) is 17.2. The van der Waals surface area contributed by atoms with Gasteiger partial charge in [-0.15, -0.1) is 0 Å². The molecule has 13 nitrogen and oxygen atoms in total. The van der Waals surface area contributed by atoms with Gasteiger partial charge in [-0.2, -0.15) is 10.2 Å². The van der Waals surface area contributed by atoms with Crippen LogP contribution in [0.25, 0.3) is 44.5 Å². The second-order valence-electron chi connectivity index (χ2n) is 16.3. The van der Waals surface area contributed by atoms with E-state index in [1.807, 2.05) is 38.2 Å². The van der Waals surface area contributed by atoms with Gasteiger partial charge in [0.25, 0.3) is 0 Å². The van der Waals surface area contributed by atoms with Crippen molar-refractivity contribution in [1.82, 2.24) is 45.1 Å². The second-order valence-corrected chi connectivity index (χ2v) is 16.3. The predicted molar refractivity (Wildman–Crippen MR) is 217 cm³/mol. The van der Waals surface area contributed by atoms with E-state index >= 15 is 0 Å². The van der Waals surface area contributed by atoms with Crippen molar-refractivity contribution < 1.29 is 13.9 Å². The lowest BCUT2D eigenvalue weighted by Crippen LogP contribution is -2.55. The van der Waals surface area contributed by atoms with Crippen molar-refractivity contribution in [3.8, 4) is 34.1 Å². The Bertz CT molecular complexity index is 2360. The Morgan fingerprint density at radius 3 is 2.45 bits per heavy atom. The second kappa shape index (κ2) is 14.6. The van der Waals surface area contributed by atoms with E-state index in [1.165, 1.54) is 6.07 Å². The predicted octanol–water partition coefficient (Wildman–Crippen LogP) is 6.54. The first kappa shape index (κ1) is 36.3. The molecule has 0 spiro atoms. The molecule has 2 aliphatic heterocycles.